The minimum atomic E-state index is -4.99. The Hall–Kier alpha value is -1.82. The summed E-state index contributed by atoms with van der Waals surface area (Å²) in [4.78, 5) is -0.553. The molecule has 2 rings (SSSR count). The Balaban J connectivity index is 2.60. The Bertz CT molecular complexity index is 682. The highest BCUT2D eigenvalue weighted by molar-refractivity contribution is 7.92. The summed E-state index contributed by atoms with van der Waals surface area (Å²) in [6.07, 6.45) is 0. The summed E-state index contributed by atoms with van der Waals surface area (Å²) in [6, 6.07) is 10.2. The molecule has 2 aromatic rings. The van der Waals surface area contributed by atoms with Gasteiger partial charge in [0.2, 0.25) is 9.84 Å². The van der Waals surface area contributed by atoms with Crippen molar-refractivity contribution in [2.75, 3.05) is 0 Å². The van der Waals surface area contributed by atoms with Gasteiger partial charge >= 0.3 is 5.25 Å². The quantitative estimate of drug-likeness (QED) is 0.867. The fourth-order valence-electron chi connectivity index (χ4n) is 1.59. The van der Waals surface area contributed by atoms with Crippen LogP contribution in [0.4, 0.5) is 13.2 Å². The van der Waals surface area contributed by atoms with Crippen molar-refractivity contribution in [3.8, 4) is 0 Å². The molecule has 0 radical (unpaired) electrons. The molecule has 0 heterocycles. The van der Waals surface area contributed by atoms with Crippen molar-refractivity contribution in [1.82, 2.24) is 0 Å². The lowest BCUT2D eigenvalue weighted by Gasteiger charge is -2.17. The van der Waals surface area contributed by atoms with E-state index in [0.29, 0.717) is 0 Å². The molecule has 0 atom stereocenters. The van der Waals surface area contributed by atoms with E-state index in [2.05, 4.69) is 0 Å². The van der Waals surface area contributed by atoms with E-state index >= 15 is 0 Å². The monoisotopic (exact) mass is 286 g/mol. The minimum absolute atomic E-state index is 0.553. The zero-order valence-corrected chi connectivity index (χ0v) is 10.4. The van der Waals surface area contributed by atoms with E-state index in [1.807, 2.05) is 0 Å². The van der Waals surface area contributed by atoms with Crippen LogP contribution in [-0.4, -0.2) is 8.42 Å². The van der Waals surface area contributed by atoms with E-state index in [-0.39, 0.29) is 0 Å². The van der Waals surface area contributed by atoms with Crippen LogP contribution in [0.3, 0.4) is 0 Å². The maximum Gasteiger partial charge on any atom is 0.377 e. The molecule has 0 saturated heterocycles. The van der Waals surface area contributed by atoms with Crippen molar-refractivity contribution in [3.63, 3.8) is 0 Å². The number of hydrogen-bond donors (Lipinski definition) is 0. The Morgan fingerprint density at radius 2 is 1.37 bits per heavy atom. The van der Waals surface area contributed by atoms with Crippen molar-refractivity contribution in [1.29, 1.82) is 0 Å². The van der Waals surface area contributed by atoms with Crippen LogP contribution in [0.5, 0.6) is 0 Å². The lowest BCUT2D eigenvalue weighted by Crippen LogP contribution is -2.27. The van der Waals surface area contributed by atoms with E-state index in [9.17, 15) is 21.6 Å². The van der Waals surface area contributed by atoms with E-state index in [0.717, 1.165) is 30.3 Å². The molecule has 0 aromatic heterocycles. The summed E-state index contributed by atoms with van der Waals surface area (Å²) in [7, 11) is -4.99. The van der Waals surface area contributed by atoms with E-state index in [4.69, 9.17) is 0 Å². The maximum absolute atomic E-state index is 14.1. The van der Waals surface area contributed by atoms with Gasteiger partial charge in [0.1, 0.15) is 5.82 Å². The first-order chi connectivity index (χ1) is 8.87. The average molecular weight is 286 g/mol. The first kappa shape index (κ1) is 13.6. The smallest absolute Gasteiger partial charge is 0.217 e. The van der Waals surface area contributed by atoms with E-state index in [1.54, 1.807) is 0 Å². The lowest BCUT2D eigenvalue weighted by atomic mass is 10.2. The highest BCUT2D eigenvalue weighted by Crippen LogP contribution is 2.39. The summed E-state index contributed by atoms with van der Waals surface area (Å²) < 4.78 is 65.3. The maximum atomic E-state index is 14.1. The van der Waals surface area contributed by atoms with Gasteiger partial charge in [0.05, 0.1) is 10.5 Å². The third-order valence-electron chi connectivity index (χ3n) is 2.58. The molecule has 0 aliphatic heterocycles. The second kappa shape index (κ2) is 4.70. The fourth-order valence-corrected chi connectivity index (χ4v) is 2.86. The molecular formula is C13H9F3O2S. The van der Waals surface area contributed by atoms with Gasteiger partial charge < -0.3 is 0 Å². The molecule has 100 valence electrons. The highest BCUT2D eigenvalue weighted by atomic mass is 32.2. The summed E-state index contributed by atoms with van der Waals surface area (Å²) in [5.74, 6) is -1.26. The molecule has 19 heavy (non-hydrogen) atoms. The van der Waals surface area contributed by atoms with Crippen LogP contribution >= 0.6 is 0 Å². The van der Waals surface area contributed by atoms with Crippen LogP contribution in [0.15, 0.2) is 59.5 Å². The van der Waals surface area contributed by atoms with Gasteiger partial charge in [-0.25, -0.2) is 12.8 Å². The van der Waals surface area contributed by atoms with Gasteiger partial charge in [0.15, 0.2) is 0 Å². The molecule has 0 spiro atoms. The predicted octanol–water partition coefficient (Wildman–Crippen LogP) is 3.35. The predicted molar refractivity (Wildman–Crippen MR) is 63.9 cm³/mol. The number of hydrogen-bond acceptors (Lipinski definition) is 2. The number of rotatable bonds is 3. The minimum Gasteiger partial charge on any atom is -0.217 e. The lowest BCUT2D eigenvalue weighted by molar-refractivity contribution is 0.0862. The first-order valence-electron chi connectivity index (χ1n) is 5.30. The summed E-state index contributed by atoms with van der Waals surface area (Å²) in [6.45, 7) is 0. The van der Waals surface area contributed by atoms with Crippen LogP contribution in [0.25, 0.3) is 0 Å². The van der Waals surface area contributed by atoms with Crippen LogP contribution in [0.1, 0.15) is 5.56 Å². The van der Waals surface area contributed by atoms with Crippen LogP contribution in [0, 0.1) is 5.82 Å². The second-order valence-electron chi connectivity index (χ2n) is 3.81. The molecule has 0 aliphatic carbocycles. The van der Waals surface area contributed by atoms with Gasteiger partial charge in [-0.15, -0.1) is 0 Å². The highest BCUT2D eigenvalue weighted by Gasteiger charge is 2.49. The SMILES string of the molecule is O=S(=O)(c1ccccc1)C(F)(F)c1ccccc1F. The largest absolute Gasteiger partial charge is 0.377 e. The zero-order valence-electron chi connectivity index (χ0n) is 9.55. The summed E-state index contributed by atoms with van der Waals surface area (Å²) in [5.41, 5.74) is -1.15. The van der Waals surface area contributed by atoms with Gasteiger partial charge in [0, 0.05) is 0 Å². The number of alkyl halides is 2. The normalized spacial score (nSPS) is 12.4. The van der Waals surface area contributed by atoms with E-state index < -0.39 is 31.4 Å². The van der Waals surface area contributed by atoms with Crippen LogP contribution in [-0.2, 0) is 15.1 Å². The molecule has 0 saturated carbocycles. The number of benzene rings is 2. The molecule has 2 nitrogen and oxygen atoms in total. The fraction of sp³-hybridized carbons (Fsp3) is 0.0769. The third-order valence-corrected chi connectivity index (χ3v) is 4.37. The molecule has 0 fully saturated rings. The molecule has 0 aliphatic rings. The van der Waals surface area contributed by atoms with Crippen LogP contribution < -0.4 is 0 Å². The van der Waals surface area contributed by atoms with Gasteiger partial charge in [0.25, 0.3) is 0 Å². The van der Waals surface area contributed by atoms with Crippen molar-refractivity contribution < 1.29 is 21.6 Å². The Morgan fingerprint density at radius 1 is 0.842 bits per heavy atom. The van der Waals surface area contributed by atoms with Gasteiger partial charge in [-0.3, -0.25) is 0 Å². The van der Waals surface area contributed by atoms with Gasteiger partial charge in [-0.1, -0.05) is 30.3 Å². The van der Waals surface area contributed by atoms with Gasteiger partial charge in [-0.2, -0.15) is 8.78 Å². The second-order valence-corrected chi connectivity index (χ2v) is 5.80. The molecule has 0 N–H and O–H groups in total. The third kappa shape index (κ3) is 2.23. The molecule has 6 heteroatoms. The number of halogens is 3. The molecular weight excluding hydrogens is 277 g/mol. The summed E-state index contributed by atoms with van der Waals surface area (Å²) >= 11 is 0. The molecule has 0 unspecified atom stereocenters. The first-order valence-corrected chi connectivity index (χ1v) is 6.78. The van der Waals surface area contributed by atoms with Crippen molar-refractivity contribution >= 4 is 9.84 Å². The zero-order chi connectivity index (χ0) is 14.1. The Labute approximate surface area is 108 Å². The van der Waals surface area contributed by atoms with Crippen molar-refractivity contribution in [2.45, 2.75) is 10.2 Å². The summed E-state index contributed by atoms with van der Waals surface area (Å²) in [5, 5.41) is -4.32. The molecule has 0 bridgehead atoms. The number of sulfone groups is 1. The Kier molecular flexibility index (Phi) is 3.36. The van der Waals surface area contributed by atoms with Crippen LogP contribution in [0.2, 0.25) is 0 Å². The standard InChI is InChI=1S/C13H9F3O2S/c14-12-9-5-4-8-11(12)13(15,16)19(17,18)10-6-2-1-3-7-10/h1-9H. The Morgan fingerprint density at radius 3 is 1.95 bits per heavy atom. The van der Waals surface area contributed by atoms with E-state index in [1.165, 1.54) is 24.3 Å². The van der Waals surface area contributed by atoms with Crippen molar-refractivity contribution in [3.05, 3.63) is 66.0 Å². The molecule has 0 amide bonds. The molecule has 2 aromatic carbocycles. The van der Waals surface area contributed by atoms with Gasteiger partial charge in [-0.05, 0) is 24.3 Å². The average Bonchev–Trinajstić information content (AvgIpc) is 2.40. The van der Waals surface area contributed by atoms with Crippen molar-refractivity contribution in [2.24, 2.45) is 0 Å². The topological polar surface area (TPSA) is 34.1 Å².